The Bertz CT molecular complexity index is 1220. The molecule has 0 saturated carbocycles. The lowest BCUT2D eigenvalue weighted by Gasteiger charge is -2.37. The highest BCUT2D eigenvalue weighted by Gasteiger charge is 2.26. The van der Waals surface area contributed by atoms with Gasteiger partial charge in [-0.3, -0.25) is 14.8 Å². The summed E-state index contributed by atoms with van der Waals surface area (Å²) in [5.41, 5.74) is 8.77. The Balaban J connectivity index is 0.00000156. The molecular weight excluding hydrogens is 451 g/mol. The van der Waals surface area contributed by atoms with Crippen molar-refractivity contribution in [3.8, 4) is 0 Å². The highest BCUT2D eigenvalue weighted by Crippen LogP contribution is 2.39. The van der Waals surface area contributed by atoms with Crippen LogP contribution in [-0.2, 0) is 13.1 Å². The van der Waals surface area contributed by atoms with Gasteiger partial charge in [0.05, 0.1) is 5.52 Å². The van der Waals surface area contributed by atoms with Gasteiger partial charge in [0.1, 0.15) is 7.85 Å². The van der Waals surface area contributed by atoms with Crippen LogP contribution >= 0.6 is 0 Å². The molecule has 0 unspecified atom stereocenters. The van der Waals surface area contributed by atoms with Crippen molar-refractivity contribution in [3.63, 3.8) is 0 Å². The average molecular weight is 494 g/mol. The molecule has 0 N–H and O–H groups in total. The Morgan fingerprint density at radius 1 is 0.973 bits per heavy atom. The standard InChI is InChI=1S/C30H36BN4.C2H6/c1-5-35(30(2,3)4)21-24-19-23(27-7-6-14-32-29(27)28(24)22-8-9-22)20-33-15-17-34(18-16-33)26-12-10-25(31)11-13-26;1-2/h6-14,19H,5,15-18,20-21H2,1-4H3;1-2H3. The molecule has 3 radical (unpaired) electrons. The molecule has 5 heteroatoms. The van der Waals surface area contributed by atoms with Crippen molar-refractivity contribution in [2.75, 3.05) is 37.6 Å². The first-order valence-corrected chi connectivity index (χ1v) is 13.9. The quantitative estimate of drug-likeness (QED) is 0.400. The molecule has 1 aliphatic heterocycles. The smallest absolute Gasteiger partial charge is 0.113 e. The van der Waals surface area contributed by atoms with Crippen LogP contribution in [0.25, 0.3) is 16.5 Å². The fourth-order valence-electron chi connectivity index (χ4n) is 5.28. The number of pyridine rings is 1. The second-order valence-electron chi connectivity index (χ2n) is 10.8. The van der Waals surface area contributed by atoms with E-state index in [1.54, 1.807) is 0 Å². The molecule has 0 atom stereocenters. The van der Waals surface area contributed by atoms with E-state index < -0.39 is 0 Å². The van der Waals surface area contributed by atoms with Crippen LogP contribution in [0.4, 0.5) is 5.69 Å². The molecule has 5 rings (SSSR count). The third kappa shape index (κ3) is 6.45. The van der Waals surface area contributed by atoms with Gasteiger partial charge in [0.15, 0.2) is 0 Å². The number of aromatic nitrogens is 1. The Labute approximate surface area is 225 Å². The molecule has 1 fully saturated rings. The number of benzene rings is 2. The van der Waals surface area contributed by atoms with Crippen LogP contribution < -0.4 is 10.4 Å². The summed E-state index contributed by atoms with van der Waals surface area (Å²) in [5, 5.41) is 1.28. The molecular formula is C32H42BN4. The maximum atomic E-state index is 5.88. The third-order valence-corrected chi connectivity index (χ3v) is 7.40. The summed E-state index contributed by atoms with van der Waals surface area (Å²) < 4.78 is 0. The predicted octanol–water partition coefficient (Wildman–Crippen LogP) is 5.60. The van der Waals surface area contributed by atoms with Crippen LogP contribution in [-0.4, -0.2) is 60.9 Å². The van der Waals surface area contributed by atoms with E-state index in [1.165, 1.54) is 33.3 Å². The summed E-state index contributed by atoms with van der Waals surface area (Å²) in [7, 11) is 5.88. The van der Waals surface area contributed by atoms with Gasteiger partial charge in [0.25, 0.3) is 0 Å². The summed E-state index contributed by atoms with van der Waals surface area (Å²) >= 11 is 0. The van der Waals surface area contributed by atoms with Gasteiger partial charge in [-0.1, -0.05) is 56.6 Å². The highest BCUT2D eigenvalue weighted by molar-refractivity contribution is 6.32. The molecule has 2 aromatic carbocycles. The number of hydrogen-bond acceptors (Lipinski definition) is 4. The zero-order chi connectivity index (χ0) is 26.6. The van der Waals surface area contributed by atoms with E-state index in [2.05, 4.69) is 85.2 Å². The first kappa shape index (κ1) is 27.4. The lowest BCUT2D eigenvalue weighted by atomic mass is 9.94. The third-order valence-electron chi connectivity index (χ3n) is 7.40. The number of allylic oxidation sites excluding steroid dienone is 2. The maximum absolute atomic E-state index is 5.88. The molecule has 1 saturated heterocycles. The number of hydrogen-bond donors (Lipinski definition) is 0. The van der Waals surface area contributed by atoms with Crippen LogP contribution in [0.15, 0.2) is 54.7 Å². The van der Waals surface area contributed by atoms with Gasteiger partial charge in [-0.05, 0) is 62.2 Å². The molecule has 37 heavy (non-hydrogen) atoms. The lowest BCUT2D eigenvalue weighted by molar-refractivity contribution is 0.136. The van der Waals surface area contributed by atoms with E-state index in [4.69, 9.17) is 12.8 Å². The highest BCUT2D eigenvalue weighted by atomic mass is 15.3. The monoisotopic (exact) mass is 493 g/mol. The molecule has 0 amide bonds. The van der Waals surface area contributed by atoms with Gasteiger partial charge < -0.3 is 4.90 Å². The van der Waals surface area contributed by atoms with Gasteiger partial charge in [-0.25, -0.2) is 0 Å². The van der Waals surface area contributed by atoms with Crippen molar-refractivity contribution in [2.24, 2.45) is 0 Å². The van der Waals surface area contributed by atoms with Gasteiger partial charge >= 0.3 is 0 Å². The Hall–Kier alpha value is -2.63. The normalized spacial score (nSPS) is 16.0. The van der Waals surface area contributed by atoms with Gasteiger partial charge in [-0.15, -0.1) is 0 Å². The molecule has 3 aromatic rings. The van der Waals surface area contributed by atoms with Crippen molar-refractivity contribution in [1.29, 1.82) is 0 Å². The van der Waals surface area contributed by atoms with Crippen molar-refractivity contribution >= 4 is 35.5 Å². The van der Waals surface area contributed by atoms with Gasteiger partial charge in [0.2, 0.25) is 0 Å². The van der Waals surface area contributed by atoms with Crippen molar-refractivity contribution in [2.45, 2.75) is 60.2 Å². The summed E-state index contributed by atoms with van der Waals surface area (Å²) in [5.74, 6) is 0. The topological polar surface area (TPSA) is 22.6 Å². The van der Waals surface area contributed by atoms with Crippen molar-refractivity contribution in [3.05, 3.63) is 77.8 Å². The van der Waals surface area contributed by atoms with Gasteiger partial charge in [-0.2, -0.15) is 0 Å². The van der Waals surface area contributed by atoms with Crippen LogP contribution in [0, 0.1) is 6.42 Å². The predicted molar refractivity (Wildman–Crippen MR) is 161 cm³/mol. The van der Waals surface area contributed by atoms with E-state index in [0.717, 1.165) is 56.8 Å². The van der Waals surface area contributed by atoms with Crippen LogP contribution in [0.3, 0.4) is 0 Å². The number of rotatable bonds is 7. The van der Waals surface area contributed by atoms with Crippen molar-refractivity contribution in [1.82, 2.24) is 14.8 Å². The zero-order valence-corrected chi connectivity index (χ0v) is 23.6. The summed E-state index contributed by atoms with van der Waals surface area (Å²) in [6.45, 7) is 20.2. The fraction of sp³-hybridized carbons (Fsp3) is 0.438. The second-order valence-corrected chi connectivity index (χ2v) is 10.8. The first-order valence-electron chi connectivity index (χ1n) is 13.9. The largest absolute Gasteiger partial charge is 0.369 e. The van der Waals surface area contributed by atoms with E-state index in [1.807, 2.05) is 32.2 Å². The number of piperazine rings is 1. The van der Waals surface area contributed by atoms with E-state index in [9.17, 15) is 0 Å². The lowest BCUT2D eigenvalue weighted by Crippen LogP contribution is -2.46. The van der Waals surface area contributed by atoms with E-state index >= 15 is 0 Å². The number of fused-ring (bicyclic) bond motifs is 1. The minimum atomic E-state index is 0.116. The molecule has 4 nitrogen and oxygen atoms in total. The van der Waals surface area contributed by atoms with Gasteiger partial charge in [0, 0.05) is 74.1 Å². The minimum Gasteiger partial charge on any atom is -0.369 e. The van der Waals surface area contributed by atoms with Crippen LogP contribution in [0.2, 0.25) is 0 Å². The minimum absolute atomic E-state index is 0.116. The Morgan fingerprint density at radius 3 is 2.24 bits per heavy atom. The molecule has 2 heterocycles. The first-order chi connectivity index (χ1) is 17.8. The Kier molecular flexibility index (Phi) is 8.77. The van der Waals surface area contributed by atoms with E-state index in [-0.39, 0.29) is 5.54 Å². The summed E-state index contributed by atoms with van der Waals surface area (Å²) in [6, 6.07) is 15.0. The second kappa shape index (κ2) is 11.8. The molecule has 1 aromatic heterocycles. The van der Waals surface area contributed by atoms with Crippen LogP contribution in [0.1, 0.15) is 58.2 Å². The fourth-order valence-corrected chi connectivity index (χ4v) is 5.28. The molecule has 0 spiro atoms. The Morgan fingerprint density at radius 2 is 1.65 bits per heavy atom. The number of nitrogens with zero attached hydrogens (tertiary/aromatic N) is 4. The average Bonchev–Trinajstić information content (AvgIpc) is 3.74. The zero-order valence-electron chi connectivity index (χ0n) is 23.6. The number of anilines is 1. The summed E-state index contributed by atoms with van der Waals surface area (Å²) in [4.78, 5) is 12.5. The molecule has 0 bridgehead atoms. The van der Waals surface area contributed by atoms with E-state index in [0.29, 0.717) is 0 Å². The summed E-state index contributed by atoms with van der Waals surface area (Å²) in [6.07, 6.45) is 6.38. The molecule has 1 aliphatic carbocycles. The maximum Gasteiger partial charge on any atom is 0.113 e. The van der Waals surface area contributed by atoms with Crippen LogP contribution in [0.5, 0.6) is 0 Å². The molecule has 193 valence electrons. The molecule has 2 aliphatic rings. The SMILES string of the molecule is CC.[B]c1ccc(N2CCN(Cc3cc(CN(CC)C(C)(C)C)c(C4=C[CH]4)c4ncccc34)CC2)cc1. The van der Waals surface area contributed by atoms with Crippen molar-refractivity contribution < 1.29 is 0 Å².